The third kappa shape index (κ3) is 4.27. The summed E-state index contributed by atoms with van der Waals surface area (Å²) in [5.41, 5.74) is 6.15. The predicted octanol–water partition coefficient (Wildman–Crippen LogP) is 1.01. The van der Waals surface area contributed by atoms with Crippen LogP contribution in [-0.2, 0) is 19.1 Å². The Morgan fingerprint density at radius 3 is 2.48 bits per heavy atom. The number of nitriles is 2. The van der Waals surface area contributed by atoms with Crippen molar-refractivity contribution in [1.29, 1.82) is 10.5 Å². The number of ether oxygens (including phenoxy) is 2. The molecular formula is C17H18N4O4. The van der Waals surface area contributed by atoms with Crippen LogP contribution in [-0.4, -0.2) is 37.6 Å². The van der Waals surface area contributed by atoms with Gasteiger partial charge in [-0.05, 0) is 18.6 Å². The average Bonchev–Trinajstić information content (AvgIpc) is 2.63. The Labute approximate surface area is 145 Å². The standard InChI is InChI=1S/C17H18N4O4/c1-4-7-21-10-13(17(23)25-3)15(20)12(9-19)14(21)6-5-11(8-18)16(22)24-2/h5-6,10H,4,7,20H2,1-3H3. The van der Waals surface area contributed by atoms with E-state index >= 15 is 0 Å². The van der Waals surface area contributed by atoms with Crippen LogP contribution in [0.25, 0.3) is 0 Å². The molecule has 0 amide bonds. The molecule has 0 radical (unpaired) electrons. The van der Waals surface area contributed by atoms with Gasteiger partial charge in [-0.1, -0.05) is 6.92 Å². The second-order valence-electron chi connectivity index (χ2n) is 4.86. The normalized spacial score (nSPS) is 16.0. The van der Waals surface area contributed by atoms with E-state index in [0.717, 1.165) is 7.11 Å². The van der Waals surface area contributed by atoms with E-state index in [0.29, 0.717) is 18.7 Å². The van der Waals surface area contributed by atoms with Gasteiger partial charge >= 0.3 is 11.9 Å². The Morgan fingerprint density at radius 1 is 1.32 bits per heavy atom. The number of rotatable bonds is 5. The van der Waals surface area contributed by atoms with Crippen molar-refractivity contribution in [2.75, 3.05) is 20.8 Å². The maximum Gasteiger partial charge on any atom is 0.348 e. The summed E-state index contributed by atoms with van der Waals surface area (Å²) >= 11 is 0. The summed E-state index contributed by atoms with van der Waals surface area (Å²) in [4.78, 5) is 25.0. The topological polar surface area (TPSA) is 129 Å². The van der Waals surface area contributed by atoms with Gasteiger partial charge in [0.25, 0.3) is 0 Å². The summed E-state index contributed by atoms with van der Waals surface area (Å²) in [6, 6.07) is 3.68. The summed E-state index contributed by atoms with van der Waals surface area (Å²) < 4.78 is 9.19. The third-order valence-corrected chi connectivity index (χ3v) is 3.33. The lowest BCUT2D eigenvalue weighted by Gasteiger charge is -2.28. The molecule has 2 N–H and O–H groups in total. The fourth-order valence-electron chi connectivity index (χ4n) is 2.13. The number of allylic oxidation sites excluding steroid dienone is 3. The number of nitrogens with zero attached hydrogens (tertiary/aromatic N) is 3. The molecule has 0 aliphatic carbocycles. The van der Waals surface area contributed by atoms with E-state index in [1.165, 1.54) is 25.5 Å². The Balaban J connectivity index is 3.50. The maximum atomic E-state index is 11.9. The first-order chi connectivity index (χ1) is 11.9. The van der Waals surface area contributed by atoms with Crippen molar-refractivity contribution in [2.45, 2.75) is 13.3 Å². The minimum atomic E-state index is -0.793. The highest BCUT2D eigenvalue weighted by Crippen LogP contribution is 2.28. The highest BCUT2D eigenvalue weighted by atomic mass is 16.5. The highest BCUT2D eigenvalue weighted by Gasteiger charge is 2.27. The average molecular weight is 342 g/mol. The monoisotopic (exact) mass is 342 g/mol. The van der Waals surface area contributed by atoms with Crippen LogP contribution in [0.15, 0.2) is 46.5 Å². The zero-order chi connectivity index (χ0) is 19.0. The molecule has 130 valence electrons. The van der Waals surface area contributed by atoms with Crippen LogP contribution >= 0.6 is 0 Å². The SMILES string of the molecule is CCCN1C=C(C(=O)OC)C(N)=C(C#N)C1=CC=C(C#N)C(=O)OC. The third-order valence-electron chi connectivity index (χ3n) is 3.33. The molecule has 0 saturated heterocycles. The minimum Gasteiger partial charge on any atom is -0.465 e. The van der Waals surface area contributed by atoms with E-state index in [1.807, 2.05) is 13.0 Å². The van der Waals surface area contributed by atoms with Crippen LogP contribution in [0.5, 0.6) is 0 Å². The van der Waals surface area contributed by atoms with Gasteiger partial charge in [0, 0.05) is 12.7 Å². The number of esters is 2. The lowest BCUT2D eigenvalue weighted by molar-refractivity contribution is -0.136. The van der Waals surface area contributed by atoms with Crippen molar-refractivity contribution in [3.63, 3.8) is 0 Å². The molecule has 0 aromatic heterocycles. The first kappa shape index (κ1) is 19.5. The summed E-state index contributed by atoms with van der Waals surface area (Å²) in [5.74, 6) is -1.45. The largest absolute Gasteiger partial charge is 0.465 e. The van der Waals surface area contributed by atoms with Gasteiger partial charge in [-0.25, -0.2) is 9.59 Å². The van der Waals surface area contributed by atoms with Crippen molar-refractivity contribution in [2.24, 2.45) is 5.73 Å². The zero-order valence-corrected chi connectivity index (χ0v) is 14.2. The molecule has 25 heavy (non-hydrogen) atoms. The Kier molecular flexibility index (Phi) is 6.98. The molecule has 0 aromatic carbocycles. The van der Waals surface area contributed by atoms with Gasteiger partial charge in [-0.3, -0.25) is 0 Å². The summed E-state index contributed by atoms with van der Waals surface area (Å²) in [6.07, 6.45) is 4.86. The summed E-state index contributed by atoms with van der Waals surface area (Å²) in [6.45, 7) is 2.40. The number of hydrogen-bond donors (Lipinski definition) is 1. The van der Waals surface area contributed by atoms with Crippen molar-refractivity contribution in [3.05, 3.63) is 46.5 Å². The molecule has 1 aliphatic rings. The van der Waals surface area contributed by atoms with Crippen LogP contribution in [0.2, 0.25) is 0 Å². The second kappa shape index (κ2) is 8.94. The van der Waals surface area contributed by atoms with Gasteiger partial charge < -0.3 is 20.1 Å². The first-order valence-electron chi connectivity index (χ1n) is 7.32. The van der Waals surface area contributed by atoms with Crippen LogP contribution in [0.4, 0.5) is 0 Å². The molecule has 1 rings (SSSR count). The molecule has 1 aliphatic heterocycles. The van der Waals surface area contributed by atoms with Crippen LogP contribution in [0.1, 0.15) is 13.3 Å². The van der Waals surface area contributed by atoms with Crippen molar-refractivity contribution < 1.29 is 19.1 Å². The van der Waals surface area contributed by atoms with E-state index in [4.69, 9.17) is 11.0 Å². The molecule has 8 nitrogen and oxygen atoms in total. The molecule has 0 spiro atoms. The number of methoxy groups -OCH3 is 2. The van der Waals surface area contributed by atoms with Gasteiger partial charge in [0.1, 0.15) is 23.3 Å². The maximum absolute atomic E-state index is 11.9. The fourth-order valence-corrected chi connectivity index (χ4v) is 2.13. The quantitative estimate of drug-likeness (QED) is 0.445. The molecule has 8 heteroatoms. The first-order valence-corrected chi connectivity index (χ1v) is 7.32. The number of carbonyl (C=O) groups excluding carboxylic acids is 2. The van der Waals surface area contributed by atoms with Crippen molar-refractivity contribution in [3.8, 4) is 12.1 Å². The predicted molar refractivity (Wildman–Crippen MR) is 87.7 cm³/mol. The van der Waals surface area contributed by atoms with Gasteiger partial charge in [0.2, 0.25) is 0 Å². The molecule has 0 fully saturated rings. The molecule has 1 heterocycles. The number of hydrogen-bond acceptors (Lipinski definition) is 8. The Morgan fingerprint density at radius 2 is 2.00 bits per heavy atom. The smallest absolute Gasteiger partial charge is 0.348 e. The molecule has 0 atom stereocenters. The molecule has 0 bridgehead atoms. The van der Waals surface area contributed by atoms with Crippen LogP contribution in [0.3, 0.4) is 0 Å². The summed E-state index contributed by atoms with van der Waals surface area (Å²) in [7, 11) is 2.38. The molecule has 0 aromatic rings. The van der Waals surface area contributed by atoms with Gasteiger partial charge in [-0.2, -0.15) is 10.5 Å². The second-order valence-corrected chi connectivity index (χ2v) is 4.86. The minimum absolute atomic E-state index is 0.0297. The van der Waals surface area contributed by atoms with E-state index in [9.17, 15) is 14.9 Å². The van der Waals surface area contributed by atoms with Crippen LogP contribution in [0, 0.1) is 22.7 Å². The Bertz CT molecular complexity index is 775. The Hall–Kier alpha value is -3.52. The number of carbonyl (C=O) groups is 2. The van der Waals surface area contributed by atoms with Crippen LogP contribution < -0.4 is 5.73 Å². The van der Waals surface area contributed by atoms with E-state index in [-0.39, 0.29) is 22.4 Å². The lowest BCUT2D eigenvalue weighted by atomic mass is 10.00. The van der Waals surface area contributed by atoms with E-state index in [2.05, 4.69) is 9.47 Å². The van der Waals surface area contributed by atoms with Crippen molar-refractivity contribution >= 4 is 11.9 Å². The van der Waals surface area contributed by atoms with Gasteiger partial charge in [0.15, 0.2) is 0 Å². The molecule has 0 saturated carbocycles. The van der Waals surface area contributed by atoms with Gasteiger partial charge in [-0.15, -0.1) is 0 Å². The number of nitrogens with two attached hydrogens (primary N) is 1. The molecule has 0 unspecified atom stereocenters. The fraction of sp³-hybridized carbons (Fsp3) is 0.294. The van der Waals surface area contributed by atoms with E-state index < -0.39 is 11.9 Å². The highest BCUT2D eigenvalue weighted by molar-refractivity contribution is 5.95. The summed E-state index contributed by atoms with van der Waals surface area (Å²) in [5, 5.41) is 18.5. The van der Waals surface area contributed by atoms with E-state index in [1.54, 1.807) is 11.0 Å². The molecular weight excluding hydrogens is 324 g/mol. The lowest BCUT2D eigenvalue weighted by Crippen LogP contribution is -2.29. The van der Waals surface area contributed by atoms with Gasteiger partial charge in [0.05, 0.1) is 31.2 Å². The zero-order valence-electron chi connectivity index (χ0n) is 14.2. The van der Waals surface area contributed by atoms with Crippen molar-refractivity contribution in [1.82, 2.24) is 4.90 Å².